The third kappa shape index (κ3) is 8.17. The minimum absolute atomic E-state index is 0.271. The summed E-state index contributed by atoms with van der Waals surface area (Å²) < 4.78 is 34.8. The zero-order valence-electron chi connectivity index (χ0n) is 21.2. The minimum Gasteiger partial charge on any atom is -0.357 e. The zero-order valence-corrected chi connectivity index (χ0v) is 22.0. The van der Waals surface area contributed by atoms with Crippen molar-refractivity contribution in [2.45, 2.75) is 33.6 Å². The van der Waals surface area contributed by atoms with E-state index in [0.29, 0.717) is 0 Å². The van der Waals surface area contributed by atoms with Gasteiger partial charge in [-0.15, -0.1) is 0 Å². The molecule has 0 atom stereocenters. The SMILES string of the molecule is C=Cc1c(/C=C\C)nc(-c2ccc(N(CCC)CCC)nc2)n1-c1ccc(F)cc1.CS(C)(=O)=O. The molecule has 2 aromatic heterocycles. The van der Waals surface area contributed by atoms with Crippen molar-refractivity contribution in [1.82, 2.24) is 14.5 Å². The van der Waals surface area contributed by atoms with Crippen LogP contribution in [0.25, 0.3) is 29.2 Å². The quantitative estimate of drug-likeness (QED) is 0.360. The summed E-state index contributed by atoms with van der Waals surface area (Å²) in [5, 5.41) is 0. The molecule has 0 aliphatic carbocycles. The maximum Gasteiger partial charge on any atom is 0.147 e. The first-order valence-electron chi connectivity index (χ1n) is 11.6. The first-order valence-corrected chi connectivity index (χ1v) is 13.9. The average molecular weight is 499 g/mol. The van der Waals surface area contributed by atoms with E-state index in [1.54, 1.807) is 18.2 Å². The largest absolute Gasteiger partial charge is 0.357 e. The number of anilines is 1. The zero-order chi connectivity index (χ0) is 26.0. The fourth-order valence-electron chi connectivity index (χ4n) is 3.56. The van der Waals surface area contributed by atoms with Crippen LogP contribution in [0.5, 0.6) is 0 Å². The van der Waals surface area contributed by atoms with Gasteiger partial charge in [-0.05, 0) is 68.3 Å². The molecule has 0 N–H and O–H groups in total. The van der Waals surface area contributed by atoms with Crippen LogP contribution >= 0.6 is 0 Å². The molecule has 0 bridgehead atoms. The number of benzene rings is 1. The van der Waals surface area contributed by atoms with Gasteiger partial charge in [0.25, 0.3) is 0 Å². The van der Waals surface area contributed by atoms with E-state index in [9.17, 15) is 12.8 Å². The maximum atomic E-state index is 13.5. The van der Waals surface area contributed by atoms with Gasteiger partial charge in [0.1, 0.15) is 27.3 Å². The second-order valence-electron chi connectivity index (χ2n) is 8.26. The number of rotatable bonds is 9. The molecular weight excluding hydrogens is 463 g/mol. The highest BCUT2D eigenvalue weighted by atomic mass is 32.2. The maximum absolute atomic E-state index is 13.5. The molecule has 2 heterocycles. The van der Waals surface area contributed by atoms with Gasteiger partial charge in [0, 0.05) is 43.0 Å². The molecule has 35 heavy (non-hydrogen) atoms. The van der Waals surface area contributed by atoms with Gasteiger partial charge in [0.2, 0.25) is 0 Å². The summed E-state index contributed by atoms with van der Waals surface area (Å²) in [7, 11) is -2.67. The molecule has 0 saturated heterocycles. The summed E-state index contributed by atoms with van der Waals surface area (Å²) in [6.45, 7) is 12.2. The van der Waals surface area contributed by atoms with Crippen LogP contribution in [0.4, 0.5) is 10.2 Å². The first-order chi connectivity index (χ1) is 16.6. The Balaban J connectivity index is 0.000000784. The summed E-state index contributed by atoms with van der Waals surface area (Å²) in [4.78, 5) is 11.9. The Labute approximate surface area is 208 Å². The lowest BCUT2D eigenvalue weighted by atomic mass is 10.2. The molecule has 1 aromatic carbocycles. The van der Waals surface area contributed by atoms with Crippen LogP contribution in [0.2, 0.25) is 0 Å². The summed E-state index contributed by atoms with van der Waals surface area (Å²) in [6.07, 6.45) is 12.0. The monoisotopic (exact) mass is 498 g/mol. The molecule has 0 amide bonds. The van der Waals surface area contributed by atoms with Crippen molar-refractivity contribution in [2.75, 3.05) is 30.5 Å². The number of allylic oxidation sites excluding steroid dienone is 1. The van der Waals surface area contributed by atoms with Crippen molar-refractivity contribution in [3.8, 4) is 17.1 Å². The second-order valence-corrected chi connectivity index (χ2v) is 10.5. The summed E-state index contributed by atoms with van der Waals surface area (Å²) in [5.74, 6) is 1.45. The molecule has 0 aliphatic rings. The van der Waals surface area contributed by atoms with E-state index in [0.717, 1.165) is 72.7 Å². The van der Waals surface area contributed by atoms with Gasteiger partial charge >= 0.3 is 0 Å². The molecule has 8 heteroatoms. The number of sulfone groups is 1. The normalized spacial score (nSPS) is 11.3. The van der Waals surface area contributed by atoms with Crippen LogP contribution in [0.3, 0.4) is 0 Å². The predicted octanol–water partition coefficient (Wildman–Crippen LogP) is 6.04. The Morgan fingerprint density at radius 2 is 1.66 bits per heavy atom. The van der Waals surface area contributed by atoms with Gasteiger partial charge in [-0.25, -0.2) is 22.8 Å². The number of aromatic nitrogens is 3. The summed E-state index contributed by atoms with van der Waals surface area (Å²) in [5.41, 5.74) is 3.40. The highest BCUT2D eigenvalue weighted by Crippen LogP contribution is 2.29. The van der Waals surface area contributed by atoms with E-state index in [2.05, 4.69) is 31.4 Å². The van der Waals surface area contributed by atoms with E-state index >= 15 is 0 Å². The van der Waals surface area contributed by atoms with Crippen molar-refractivity contribution in [1.29, 1.82) is 0 Å². The number of hydrogen-bond acceptors (Lipinski definition) is 5. The molecule has 0 saturated carbocycles. The lowest BCUT2D eigenvalue weighted by molar-refractivity contribution is 0.607. The minimum atomic E-state index is -2.67. The van der Waals surface area contributed by atoms with Gasteiger partial charge in [-0.1, -0.05) is 26.5 Å². The van der Waals surface area contributed by atoms with Gasteiger partial charge < -0.3 is 4.90 Å². The van der Waals surface area contributed by atoms with E-state index in [1.807, 2.05) is 35.9 Å². The molecule has 0 fully saturated rings. The van der Waals surface area contributed by atoms with Crippen molar-refractivity contribution < 1.29 is 12.8 Å². The molecule has 6 nitrogen and oxygen atoms in total. The third-order valence-corrected chi connectivity index (χ3v) is 4.86. The Bertz CT molecular complexity index is 1220. The van der Waals surface area contributed by atoms with E-state index in [-0.39, 0.29) is 5.82 Å². The lowest BCUT2D eigenvalue weighted by Crippen LogP contribution is -2.25. The Morgan fingerprint density at radius 1 is 1.06 bits per heavy atom. The highest BCUT2D eigenvalue weighted by molar-refractivity contribution is 7.89. The van der Waals surface area contributed by atoms with Crippen LogP contribution in [0, 0.1) is 5.82 Å². The van der Waals surface area contributed by atoms with E-state index < -0.39 is 9.84 Å². The molecule has 3 rings (SSSR count). The van der Waals surface area contributed by atoms with Crippen LogP contribution < -0.4 is 4.90 Å². The van der Waals surface area contributed by atoms with Crippen molar-refractivity contribution in [2.24, 2.45) is 0 Å². The van der Waals surface area contributed by atoms with Crippen LogP contribution in [0.1, 0.15) is 45.0 Å². The molecule has 188 valence electrons. The highest BCUT2D eigenvalue weighted by Gasteiger charge is 2.17. The average Bonchev–Trinajstić information content (AvgIpc) is 3.17. The van der Waals surface area contributed by atoms with Crippen LogP contribution in [0.15, 0.2) is 55.3 Å². The predicted molar refractivity (Wildman–Crippen MR) is 145 cm³/mol. The fraction of sp³-hybridized carbons (Fsp3) is 0.333. The number of nitrogens with zero attached hydrogens (tertiary/aromatic N) is 4. The molecule has 3 aromatic rings. The second kappa shape index (κ2) is 13.0. The van der Waals surface area contributed by atoms with Gasteiger partial charge in [-0.2, -0.15) is 0 Å². The number of imidazole rings is 1. The van der Waals surface area contributed by atoms with Crippen molar-refractivity contribution in [3.63, 3.8) is 0 Å². The van der Waals surface area contributed by atoms with Gasteiger partial charge in [-0.3, -0.25) is 4.57 Å². The molecule has 0 spiro atoms. The number of hydrogen-bond donors (Lipinski definition) is 0. The topological polar surface area (TPSA) is 68.1 Å². The number of pyridine rings is 1. The van der Waals surface area contributed by atoms with Crippen LogP contribution in [-0.4, -0.2) is 48.6 Å². The van der Waals surface area contributed by atoms with Gasteiger partial charge in [0.05, 0.1) is 11.4 Å². The van der Waals surface area contributed by atoms with E-state index in [4.69, 9.17) is 9.97 Å². The smallest absolute Gasteiger partial charge is 0.147 e. The standard InChI is InChI=1S/C25H29FN4.C2H6O2S/c1-5-9-22-23(8-4)30(21-13-11-20(26)12-14-21)25(28-22)19-10-15-24(27-18-19)29(16-6-2)17-7-3;1-5(2,3)4/h5,8-15,18H,4,6-7,16-17H2,1-3H3;1-2H3/b9-5-;. The lowest BCUT2D eigenvalue weighted by Gasteiger charge is -2.22. The Morgan fingerprint density at radius 3 is 2.11 bits per heavy atom. The summed E-state index contributed by atoms with van der Waals surface area (Å²) >= 11 is 0. The first kappa shape index (κ1) is 28.0. The fourth-order valence-corrected chi connectivity index (χ4v) is 3.56. The van der Waals surface area contributed by atoms with E-state index in [1.165, 1.54) is 12.1 Å². The Hall–Kier alpha value is -3.26. The van der Waals surface area contributed by atoms with Gasteiger partial charge in [0.15, 0.2) is 0 Å². The number of halogens is 1. The molecule has 0 radical (unpaired) electrons. The van der Waals surface area contributed by atoms with Crippen molar-refractivity contribution >= 4 is 27.8 Å². The molecular formula is C27H35FN4O2S. The van der Waals surface area contributed by atoms with Crippen molar-refractivity contribution in [3.05, 3.63) is 72.5 Å². The summed E-state index contributed by atoms with van der Waals surface area (Å²) in [6, 6.07) is 10.5. The third-order valence-electron chi connectivity index (χ3n) is 4.86. The Kier molecular flexibility index (Phi) is 10.4. The molecule has 0 unspecified atom stereocenters. The van der Waals surface area contributed by atoms with Crippen LogP contribution in [-0.2, 0) is 9.84 Å². The molecule has 0 aliphatic heterocycles.